The lowest BCUT2D eigenvalue weighted by Crippen LogP contribution is -2.47. The molecule has 0 spiro atoms. The van der Waals surface area contributed by atoms with Crippen LogP contribution in [0.3, 0.4) is 0 Å². The number of amides is 2. The lowest BCUT2D eigenvalue weighted by atomic mass is 10.1. The van der Waals surface area contributed by atoms with Crippen molar-refractivity contribution >= 4 is 45.8 Å². The summed E-state index contributed by atoms with van der Waals surface area (Å²) in [6, 6.07) is 6.92. The van der Waals surface area contributed by atoms with Gasteiger partial charge in [-0.25, -0.2) is 9.59 Å². The van der Waals surface area contributed by atoms with Gasteiger partial charge in [-0.15, -0.1) is 11.3 Å². The Hall–Kier alpha value is -3.40. The minimum atomic E-state index is -0.743. The lowest BCUT2D eigenvalue weighted by Gasteiger charge is -2.32. The van der Waals surface area contributed by atoms with Crippen LogP contribution in [0.1, 0.15) is 46.4 Å². The number of para-hydroxylation sites is 2. The smallest absolute Gasteiger partial charge is 0.348 e. The zero-order valence-corrected chi connectivity index (χ0v) is 19.0. The Morgan fingerprint density at radius 3 is 2.47 bits per heavy atom. The van der Waals surface area contributed by atoms with Gasteiger partial charge in [0, 0.05) is 0 Å². The van der Waals surface area contributed by atoms with Crippen molar-refractivity contribution in [2.24, 2.45) is 0 Å². The van der Waals surface area contributed by atoms with Crippen molar-refractivity contribution in [2.45, 2.75) is 33.8 Å². The number of nitrogens with one attached hydrogen (secondary N) is 1. The molecule has 1 aliphatic heterocycles. The highest BCUT2D eigenvalue weighted by atomic mass is 32.1. The van der Waals surface area contributed by atoms with Crippen LogP contribution in [0.5, 0.6) is 5.75 Å². The molecule has 0 fully saturated rings. The van der Waals surface area contributed by atoms with Crippen LogP contribution in [0.2, 0.25) is 0 Å². The molecule has 2 heterocycles. The predicted molar refractivity (Wildman–Crippen MR) is 118 cm³/mol. The van der Waals surface area contributed by atoms with E-state index in [1.807, 2.05) is 0 Å². The molecule has 0 radical (unpaired) electrons. The van der Waals surface area contributed by atoms with Crippen molar-refractivity contribution < 1.29 is 33.4 Å². The Bertz CT molecular complexity index is 1060. The maximum atomic E-state index is 12.9. The SMILES string of the molecule is CCOC(=O)c1sc(NC(=O)CN2C(=O)C(C)Oc3ccccc32)c(C(=O)OCC)c1C. The maximum absolute atomic E-state index is 12.9. The molecule has 170 valence electrons. The van der Waals surface area contributed by atoms with Crippen molar-refractivity contribution in [2.75, 3.05) is 30.0 Å². The summed E-state index contributed by atoms with van der Waals surface area (Å²) in [4.78, 5) is 51.9. The van der Waals surface area contributed by atoms with Gasteiger partial charge in [0.2, 0.25) is 5.91 Å². The summed E-state index contributed by atoms with van der Waals surface area (Å²) in [6.07, 6.45) is -0.743. The summed E-state index contributed by atoms with van der Waals surface area (Å²) < 4.78 is 15.7. The maximum Gasteiger partial charge on any atom is 0.348 e. The number of benzene rings is 1. The third-order valence-corrected chi connectivity index (χ3v) is 5.90. The molecular weight excluding hydrogens is 436 g/mol. The number of nitrogens with zero attached hydrogens (tertiary/aromatic N) is 1. The fraction of sp³-hybridized carbons (Fsp3) is 0.364. The molecule has 10 heteroatoms. The van der Waals surface area contributed by atoms with E-state index in [-0.39, 0.29) is 41.1 Å². The Labute approximate surface area is 189 Å². The van der Waals surface area contributed by atoms with E-state index in [0.29, 0.717) is 17.0 Å². The molecule has 2 aromatic rings. The van der Waals surface area contributed by atoms with Gasteiger partial charge in [-0.05, 0) is 45.4 Å². The predicted octanol–water partition coefficient (Wildman–Crippen LogP) is 3.16. The number of rotatable bonds is 7. The van der Waals surface area contributed by atoms with E-state index >= 15 is 0 Å². The molecule has 3 rings (SSSR count). The first-order valence-corrected chi connectivity index (χ1v) is 10.9. The van der Waals surface area contributed by atoms with Gasteiger partial charge in [0.05, 0.1) is 24.5 Å². The largest absolute Gasteiger partial charge is 0.479 e. The second-order valence-corrected chi connectivity index (χ2v) is 7.92. The van der Waals surface area contributed by atoms with Crippen LogP contribution in [-0.4, -0.2) is 49.6 Å². The van der Waals surface area contributed by atoms with Crippen molar-refractivity contribution in [1.29, 1.82) is 0 Å². The summed E-state index contributed by atoms with van der Waals surface area (Å²) in [7, 11) is 0. The molecule has 0 saturated carbocycles. The van der Waals surface area contributed by atoms with Crippen LogP contribution in [0.25, 0.3) is 0 Å². The molecule has 0 aliphatic carbocycles. The Kier molecular flexibility index (Phi) is 7.14. The second-order valence-electron chi connectivity index (χ2n) is 6.90. The summed E-state index contributed by atoms with van der Waals surface area (Å²) in [5.41, 5.74) is 0.935. The van der Waals surface area contributed by atoms with Gasteiger partial charge in [-0.3, -0.25) is 14.5 Å². The van der Waals surface area contributed by atoms with Crippen LogP contribution in [0.15, 0.2) is 24.3 Å². The van der Waals surface area contributed by atoms with Gasteiger partial charge in [0.15, 0.2) is 6.10 Å². The van der Waals surface area contributed by atoms with Gasteiger partial charge in [-0.1, -0.05) is 12.1 Å². The molecule has 9 nitrogen and oxygen atoms in total. The summed E-state index contributed by atoms with van der Waals surface area (Å²) in [5, 5.41) is 2.82. The Morgan fingerprint density at radius 2 is 1.78 bits per heavy atom. The lowest BCUT2D eigenvalue weighted by molar-refractivity contribution is -0.127. The molecule has 1 unspecified atom stereocenters. The average Bonchev–Trinajstić information content (AvgIpc) is 3.07. The highest BCUT2D eigenvalue weighted by Crippen LogP contribution is 2.36. The Balaban J connectivity index is 1.89. The summed E-state index contributed by atoms with van der Waals surface area (Å²) >= 11 is 0.930. The van der Waals surface area contributed by atoms with E-state index < -0.39 is 23.9 Å². The van der Waals surface area contributed by atoms with E-state index in [2.05, 4.69) is 5.32 Å². The molecular formula is C22H24N2O7S. The number of hydrogen-bond acceptors (Lipinski definition) is 8. The third-order valence-electron chi connectivity index (χ3n) is 4.72. The van der Waals surface area contributed by atoms with Crippen LogP contribution in [-0.2, 0) is 19.1 Å². The molecule has 32 heavy (non-hydrogen) atoms. The summed E-state index contributed by atoms with van der Waals surface area (Å²) in [6.45, 7) is 6.54. The highest BCUT2D eigenvalue weighted by molar-refractivity contribution is 7.18. The topological polar surface area (TPSA) is 111 Å². The zero-order valence-electron chi connectivity index (χ0n) is 18.2. The number of thiophene rings is 1. The first-order valence-electron chi connectivity index (χ1n) is 10.1. The molecule has 1 aliphatic rings. The number of fused-ring (bicyclic) bond motifs is 1. The highest BCUT2D eigenvalue weighted by Gasteiger charge is 2.33. The molecule has 1 N–H and O–H groups in total. The van der Waals surface area contributed by atoms with Gasteiger partial charge >= 0.3 is 11.9 Å². The number of hydrogen-bond donors (Lipinski definition) is 1. The number of carbonyl (C=O) groups excluding carboxylic acids is 4. The number of carbonyl (C=O) groups is 4. The molecule has 1 aromatic heterocycles. The summed E-state index contributed by atoms with van der Waals surface area (Å²) in [5.74, 6) is -1.65. The molecule has 1 aromatic carbocycles. The minimum Gasteiger partial charge on any atom is -0.479 e. The first-order chi connectivity index (χ1) is 15.3. The van der Waals surface area contributed by atoms with Crippen molar-refractivity contribution in [3.63, 3.8) is 0 Å². The van der Waals surface area contributed by atoms with Crippen LogP contribution in [0, 0.1) is 6.92 Å². The average molecular weight is 461 g/mol. The van der Waals surface area contributed by atoms with Gasteiger partial charge in [-0.2, -0.15) is 0 Å². The quantitative estimate of drug-likeness (QED) is 0.632. The number of esters is 2. The van der Waals surface area contributed by atoms with E-state index in [4.69, 9.17) is 14.2 Å². The number of ether oxygens (including phenoxy) is 3. The Morgan fingerprint density at radius 1 is 1.12 bits per heavy atom. The van der Waals surface area contributed by atoms with E-state index in [9.17, 15) is 19.2 Å². The van der Waals surface area contributed by atoms with E-state index in [1.165, 1.54) is 4.90 Å². The van der Waals surface area contributed by atoms with Gasteiger partial charge < -0.3 is 19.5 Å². The normalized spacial score (nSPS) is 14.9. The fourth-order valence-electron chi connectivity index (χ4n) is 3.27. The zero-order chi connectivity index (χ0) is 23.4. The van der Waals surface area contributed by atoms with Crippen LogP contribution >= 0.6 is 11.3 Å². The monoisotopic (exact) mass is 460 g/mol. The molecule has 0 saturated heterocycles. The second kappa shape index (κ2) is 9.82. The van der Waals surface area contributed by atoms with Crippen molar-refractivity contribution in [3.8, 4) is 5.75 Å². The molecule has 1 atom stereocenters. The third kappa shape index (κ3) is 4.59. The van der Waals surface area contributed by atoms with Crippen LogP contribution < -0.4 is 15.0 Å². The van der Waals surface area contributed by atoms with E-state index in [0.717, 1.165) is 11.3 Å². The van der Waals surface area contributed by atoms with Crippen LogP contribution in [0.4, 0.5) is 10.7 Å². The first kappa shape index (κ1) is 23.3. The minimum absolute atomic E-state index is 0.0929. The molecule has 0 bridgehead atoms. The van der Waals surface area contributed by atoms with Crippen molar-refractivity contribution in [3.05, 3.63) is 40.3 Å². The number of anilines is 2. The standard InChI is InChI=1S/C22H24N2O7S/c1-5-29-21(27)17-12(3)18(22(28)30-6-2)32-19(17)23-16(25)11-24-14-9-7-8-10-15(14)31-13(4)20(24)26/h7-10,13H,5-6,11H2,1-4H3,(H,23,25). The van der Waals surface area contributed by atoms with Gasteiger partial charge in [0.1, 0.15) is 22.2 Å². The van der Waals surface area contributed by atoms with Gasteiger partial charge in [0.25, 0.3) is 5.91 Å². The fourth-order valence-corrected chi connectivity index (χ4v) is 4.38. The van der Waals surface area contributed by atoms with E-state index in [1.54, 1.807) is 52.0 Å². The van der Waals surface area contributed by atoms with Crippen molar-refractivity contribution in [1.82, 2.24) is 0 Å². The molecule has 2 amide bonds.